The molecule has 2 rings (SSSR count). The molecule has 4 nitrogen and oxygen atoms in total. The maximum atomic E-state index is 10.6. The Labute approximate surface area is 127 Å². The molecule has 0 radical (unpaired) electrons. The minimum absolute atomic E-state index is 0.0991. The van der Waals surface area contributed by atoms with Gasteiger partial charge < -0.3 is 4.74 Å². The summed E-state index contributed by atoms with van der Waals surface area (Å²) in [6, 6.07) is 6.33. The number of benzene rings is 1. The molecule has 110 valence electrons. The lowest BCUT2D eigenvalue weighted by atomic mass is 9.83. The van der Waals surface area contributed by atoms with Gasteiger partial charge >= 0.3 is 0 Å². The number of hydrogen-bond donors (Lipinski definition) is 0. The molecule has 0 bridgehead atoms. The Morgan fingerprint density at radius 3 is 2.25 bits per heavy atom. The number of hydrogen-bond acceptors (Lipinski definition) is 3. The van der Waals surface area contributed by atoms with E-state index in [-0.39, 0.29) is 11.1 Å². The molecular formula is C15H20BrNO3. The summed E-state index contributed by atoms with van der Waals surface area (Å²) in [5.74, 6) is 0.708. The first kappa shape index (κ1) is 15.3. The molecule has 1 aromatic rings. The number of rotatable bonds is 5. The first-order valence-electron chi connectivity index (χ1n) is 7.08. The van der Waals surface area contributed by atoms with Crippen LogP contribution in [0.25, 0.3) is 0 Å². The molecule has 5 heteroatoms. The Hall–Kier alpha value is -1.10. The second kappa shape index (κ2) is 7.07. The summed E-state index contributed by atoms with van der Waals surface area (Å²) in [5, 5.41) is 11.6. The van der Waals surface area contributed by atoms with E-state index in [0.29, 0.717) is 12.4 Å². The number of ether oxygens (including phenoxy) is 1. The van der Waals surface area contributed by atoms with E-state index in [2.05, 4.69) is 15.9 Å². The number of nitro benzene ring substituents is 1. The van der Waals surface area contributed by atoms with Gasteiger partial charge in [-0.1, -0.05) is 41.6 Å². The lowest BCUT2D eigenvalue weighted by molar-refractivity contribution is -0.384. The van der Waals surface area contributed by atoms with E-state index < -0.39 is 4.92 Å². The van der Waals surface area contributed by atoms with E-state index in [0.717, 1.165) is 5.33 Å². The average molecular weight is 342 g/mol. The molecule has 0 N–H and O–H groups in total. The van der Waals surface area contributed by atoms with Crippen LogP contribution >= 0.6 is 15.9 Å². The molecule has 1 aliphatic carbocycles. The fourth-order valence-electron chi connectivity index (χ4n) is 2.70. The molecule has 20 heavy (non-hydrogen) atoms. The van der Waals surface area contributed by atoms with Crippen LogP contribution in [0.1, 0.15) is 38.5 Å². The fraction of sp³-hybridized carbons (Fsp3) is 0.600. The molecule has 0 amide bonds. The maximum absolute atomic E-state index is 10.6. The third-order valence-corrected chi connectivity index (χ3v) is 5.23. The number of halogens is 1. The van der Waals surface area contributed by atoms with E-state index in [9.17, 15) is 10.1 Å². The normalized spacial score (nSPS) is 18.2. The van der Waals surface area contributed by atoms with Crippen molar-refractivity contribution in [1.82, 2.24) is 0 Å². The molecule has 1 aliphatic rings. The van der Waals surface area contributed by atoms with Crippen molar-refractivity contribution in [3.8, 4) is 5.75 Å². The van der Waals surface area contributed by atoms with Crippen LogP contribution in [-0.4, -0.2) is 16.9 Å². The van der Waals surface area contributed by atoms with Crippen LogP contribution in [0, 0.1) is 15.5 Å². The highest BCUT2D eigenvalue weighted by Crippen LogP contribution is 2.37. The van der Waals surface area contributed by atoms with Gasteiger partial charge in [0.15, 0.2) is 0 Å². The highest BCUT2D eigenvalue weighted by molar-refractivity contribution is 9.09. The van der Waals surface area contributed by atoms with Crippen molar-refractivity contribution >= 4 is 21.6 Å². The van der Waals surface area contributed by atoms with Crippen molar-refractivity contribution in [2.75, 3.05) is 11.9 Å². The summed E-state index contributed by atoms with van der Waals surface area (Å²) in [7, 11) is 0. The smallest absolute Gasteiger partial charge is 0.269 e. The van der Waals surface area contributed by atoms with Crippen LogP contribution in [0.15, 0.2) is 24.3 Å². The molecule has 0 unspecified atom stereocenters. The van der Waals surface area contributed by atoms with E-state index >= 15 is 0 Å². The molecule has 0 aliphatic heterocycles. The summed E-state index contributed by atoms with van der Waals surface area (Å²) in [6.45, 7) is 0.677. The van der Waals surface area contributed by atoms with Gasteiger partial charge in [-0.15, -0.1) is 0 Å². The van der Waals surface area contributed by atoms with Crippen molar-refractivity contribution in [1.29, 1.82) is 0 Å². The monoisotopic (exact) mass is 341 g/mol. The van der Waals surface area contributed by atoms with Gasteiger partial charge in [0.2, 0.25) is 0 Å². The summed E-state index contributed by atoms with van der Waals surface area (Å²) in [5.41, 5.74) is 0.306. The lowest BCUT2D eigenvalue weighted by Gasteiger charge is -2.30. The summed E-state index contributed by atoms with van der Waals surface area (Å²) in [6.07, 6.45) is 7.51. The van der Waals surface area contributed by atoms with Gasteiger partial charge in [-0.25, -0.2) is 0 Å². The van der Waals surface area contributed by atoms with Crippen molar-refractivity contribution in [3.63, 3.8) is 0 Å². The quantitative estimate of drug-likeness (QED) is 0.337. The van der Waals surface area contributed by atoms with Crippen LogP contribution in [0.5, 0.6) is 5.75 Å². The van der Waals surface area contributed by atoms with Gasteiger partial charge in [0.05, 0.1) is 11.5 Å². The van der Waals surface area contributed by atoms with Crippen molar-refractivity contribution in [2.24, 2.45) is 5.41 Å². The van der Waals surface area contributed by atoms with Crippen LogP contribution in [0.2, 0.25) is 0 Å². The van der Waals surface area contributed by atoms with Gasteiger partial charge in [-0.2, -0.15) is 0 Å². The SMILES string of the molecule is O=[N+]([O-])c1ccc(OCC2(CBr)CCCCCC2)cc1. The summed E-state index contributed by atoms with van der Waals surface area (Å²) >= 11 is 3.64. The zero-order valence-corrected chi connectivity index (χ0v) is 13.1. The molecule has 0 heterocycles. The topological polar surface area (TPSA) is 52.4 Å². The highest BCUT2D eigenvalue weighted by atomic mass is 79.9. The third-order valence-electron chi connectivity index (χ3n) is 4.04. The highest BCUT2D eigenvalue weighted by Gasteiger charge is 2.30. The molecule has 0 spiro atoms. The largest absolute Gasteiger partial charge is 0.493 e. The van der Waals surface area contributed by atoms with E-state index in [1.807, 2.05) is 0 Å². The van der Waals surface area contributed by atoms with Gasteiger partial charge in [-0.3, -0.25) is 10.1 Å². The third kappa shape index (κ3) is 3.95. The summed E-state index contributed by atoms with van der Waals surface area (Å²) < 4.78 is 5.88. The van der Waals surface area contributed by atoms with Crippen LogP contribution in [0.3, 0.4) is 0 Å². The average Bonchev–Trinajstić information content (AvgIpc) is 2.72. The Morgan fingerprint density at radius 2 is 1.75 bits per heavy atom. The Balaban J connectivity index is 1.96. The number of nitrogens with zero attached hydrogens (tertiary/aromatic N) is 1. The zero-order valence-electron chi connectivity index (χ0n) is 11.5. The van der Waals surface area contributed by atoms with E-state index in [1.54, 1.807) is 12.1 Å². The molecular weight excluding hydrogens is 322 g/mol. The molecule has 0 saturated heterocycles. The summed E-state index contributed by atoms with van der Waals surface area (Å²) in [4.78, 5) is 10.2. The van der Waals surface area contributed by atoms with Crippen molar-refractivity contribution < 1.29 is 9.66 Å². The second-order valence-electron chi connectivity index (χ2n) is 5.59. The van der Waals surface area contributed by atoms with Gasteiger partial charge in [0.1, 0.15) is 5.75 Å². The maximum Gasteiger partial charge on any atom is 0.269 e. The Morgan fingerprint density at radius 1 is 1.15 bits per heavy atom. The van der Waals surface area contributed by atoms with Crippen LogP contribution < -0.4 is 4.74 Å². The predicted molar refractivity (Wildman–Crippen MR) is 82.5 cm³/mol. The fourth-order valence-corrected chi connectivity index (χ4v) is 3.42. The van der Waals surface area contributed by atoms with Crippen LogP contribution in [-0.2, 0) is 0 Å². The lowest BCUT2D eigenvalue weighted by Crippen LogP contribution is -2.29. The predicted octanol–water partition coefficient (Wildman–Crippen LogP) is 4.71. The van der Waals surface area contributed by atoms with Gasteiger partial charge in [0.25, 0.3) is 5.69 Å². The Bertz CT molecular complexity index is 439. The van der Waals surface area contributed by atoms with Crippen molar-refractivity contribution in [3.05, 3.63) is 34.4 Å². The number of nitro groups is 1. The Kier molecular flexibility index (Phi) is 5.40. The zero-order chi connectivity index (χ0) is 14.4. The minimum Gasteiger partial charge on any atom is -0.493 e. The first-order chi connectivity index (χ1) is 9.65. The van der Waals surface area contributed by atoms with Gasteiger partial charge in [-0.05, 0) is 25.0 Å². The first-order valence-corrected chi connectivity index (χ1v) is 8.21. The second-order valence-corrected chi connectivity index (χ2v) is 6.15. The van der Waals surface area contributed by atoms with Gasteiger partial charge in [0, 0.05) is 22.9 Å². The standard InChI is InChI=1S/C15H20BrNO3/c16-11-15(9-3-1-2-4-10-15)12-20-14-7-5-13(6-8-14)17(18)19/h5-8H,1-4,9-12H2. The molecule has 1 fully saturated rings. The molecule has 1 aromatic carbocycles. The van der Waals surface area contributed by atoms with Crippen LogP contribution in [0.4, 0.5) is 5.69 Å². The number of non-ortho nitro benzene ring substituents is 1. The minimum atomic E-state index is -0.394. The van der Waals surface area contributed by atoms with E-state index in [4.69, 9.17) is 4.74 Å². The molecule has 1 saturated carbocycles. The molecule has 0 atom stereocenters. The molecule has 0 aromatic heterocycles. The number of alkyl halides is 1. The van der Waals surface area contributed by atoms with E-state index in [1.165, 1.54) is 50.7 Å². The van der Waals surface area contributed by atoms with Crippen molar-refractivity contribution in [2.45, 2.75) is 38.5 Å².